The Hall–Kier alpha value is -1.77. The summed E-state index contributed by atoms with van der Waals surface area (Å²) in [7, 11) is 1.48. The molecule has 0 saturated carbocycles. The standard InChI is InChI=1S/C21H28O3/c1-14(20(22)23-4)17-8-5-11-21(2,3)19(17)16-9-10-18-15(13-16)7-6-12-24-18/h9-10,13-14H,5-8,11-12H2,1-4H3. The fraction of sp³-hybridized carbons (Fsp3) is 0.571. The third kappa shape index (κ3) is 3.09. The molecule has 2 aliphatic rings. The highest BCUT2D eigenvalue weighted by molar-refractivity contribution is 5.83. The zero-order chi connectivity index (χ0) is 17.3. The molecule has 3 heteroatoms. The molecule has 3 rings (SSSR count). The zero-order valence-corrected chi connectivity index (χ0v) is 15.3. The smallest absolute Gasteiger partial charge is 0.312 e. The Labute approximate surface area is 145 Å². The summed E-state index contributed by atoms with van der Waals surface area (Å²) in [6, 6.07) is 6.54. The van der Waals surface area contributed by atoms with Crippen molar-refractivity contribution in [1.29, 1.82) is 0 Å². The molecule has 1 aliphatic carbocycles. The van der Waals surface area contributed by atoms with Gasteiger partial charge in [0, 0.05) is 0 Å². The minimum atomic E-state index is -0.183. The second kappa shape index (κ2) is 6.62. The first-order valence-corrected chi connectivity index (χ1v) is 9.01. The molecule has 0 amide bonds. The molecular weight excluding hydrogens is 300 g/mol. The largest absolute Gasteiger partial charge is 0.493 e. The molecule has 0 saturated heterocycles. The van der Waals surface area contributed by atoms with Crippen LogP contribution in [-0.2, 0) is 16.0 Å². The summed E-state index contributed by atoms with van der Waals surface area (Å²) in [6.07, 6.45) is 5.39. The van der Waals surface area contributed by atoms with Crippen LogP contribution >= 0.6 is 0 Å². The first-order chi connectivity index (χ1) is 11.4. The van der Waals surface area contributed by atoms with Crippen LogP contribution in [0, 0.1) is 11.3 Å². The Morgan fingerprint density at radius 1 is 1.25 bits per heavy atom. The Morgan fingerprint density at radius 3 is 2.79 bits per heavy atom. The molecule has 24 heavy (non-hydrogen) atoms. The van der Waals surface area contributed by atoms with E-state index in [0.29, 0.717) is 0 Å². The van der Waals surface area contributed by atoms with E-state index in [4.69, 9.17) is 9.47 Å². The van der Waals surface area contributed by atoms with Crippen molar-refractivity contribution in [3.05, 3.63) is 34.9 Å². The Balaban J connectivity index is 2.11. The molecule has 0 fully saturated rings. The van der Waals surface area contributed by atoms with E-state index in [9.17, 15) is 4.79 Å². The van der Waals surface area contributed by atoms with Crippen molar-refractivity contribution >= 4 is 11.5 Å². The van der Waals surface area contributed by atoms with Crippen LogP contribution < -0.4 is 4.74 Å². The normalized spacial score (nSPS) is 20.8. The number of benzene rings is 1. The van der Waals surface area contributed by atoms with E-state index in [0.717, 1.165) is 44.5 Å². The number of esters is 1. The zero-order valence-electron chi connectivity index (χ0n) is 15.3. The maximum Gasteiger partial charge on any atom is 0.312 e. The highest BCUT2D eigenvalue weighted by Gasteiger charge is 2.35. The maximum absolute atomic E-state index is 12.2. The number of methoxy groups -OCH3 is 1. The first kappa shape index (κ1) is 17.1. The third-order valence-electron chi connectivity index (χ3n) is 5.52. The molecule has 0 spiro atoms. The van der Waals surface area contributed by atoms with Gasteiger partial charge in [-0.3, -0.25) is 4.79 Å². The topological polar surface area (TPSA) is 35.5 Å². The van der Waals surface area contributed by atoms with Crippen molar-refractivity contribution < 1.29 is 14.3 Å². The van der Waals surface area contributed by atoms with Crippen LogP contribution in [0.1, 0.15) is 57.6 Å². The van der Waals surface area contributed by atoms with E-state index >= 15 is 0 Å². The fourth-order valence-electron chi connectivity index (χ4n) is 4.25. The molecule has 1 aromatic carbocycles. The van der Waals surface area contributed by atoms with Crippen molar-refractivity contribution in [3.63, 3.8) is 0 Å². The molecular formula is C21H28O3. The molecule has 1 aliphatic heterocycles. The second-order valence-electron chi connectivity index (χ2n) is 7.66. The molecule has 0 aromatic heterocycles. The van der Waals surface area contributed by atoms with E-state index in [1.165, 1.54) is 29.4 Å². The maximum atomic E-state index is 12.2. The lowest BCUT2D eigenvalue weighted by molar-refractivity contribution is -0.143. The molecule has 1 unspecified atom stereocenters. The van der Waals surface area contributed by atoms with Gasteiger partial charge in [-0.1, -0.05) is 25.5 Å². The van der Waals surface area contributed by atoms with E-state index < -0.39 is 0 Å². The quantitative estimate of drug-likeness (QED) is 0.749. The Morgan fingerprint density at radius 2 is 2.04 bits per heavy atom. The van der Waals surface area contributed by atoms with E-state index in [1.807, 2.05) is 6.92 Å². The number of hydrogen-bond donors (Lipinski definition) is 0. The van der Waals surface area contributed by atoms with Crippen molar-refractivity contribution in [2.75, 3.05) is 13.7 Å². The van der Waals surface area contributed by atoms with Gasteiger partial charge in [0.25, 0.3) is 0 Å². The molecule has 3 nitrogen and oxygen atoms in total. The summed E-state index contributed by atoms with van der Waals surface area (Å²) < 4.78 is 10.8. The van der Waals surface area contributed by atoms with Gasteiger partial charge in [0.1, 0.15) is 5.75 Å². The van der Waals surface area contributed by atoms with Crippen molar-refractivity contribution in [2.45, 2.75) is 52.9 Å². The van der Waals surface area contributed by atoms with Gasteiger partial charge in [0.15, 0.2) is 0 Å². The average Bonchev–Trinajstić information content (AvgIpc) is 2.59. The van der Waals surface area contributed by atoms with Gasteiger partial charge >= 0.3 is 5.97 Å². The lowest BCUT2D eigenvalue weighted by atomic mass is 9.67. The van der Waals surface area contributed by atoms with Crippen LogP contribution in [0.15, 0.2) is 23.8 Å². The van der Waals surface area contributed by atoms with Crippen molar-refractivity contribution in [1.82, 2.24) is 0 Å². The van der Waals surface area contributed by atoms with Gasteiger partial charge in [-0.2, -0.15) is 0 Å². The van der Waals surface area contributed by atoms with Gasteiger partial charge in [0.2, 0.25) is 0 Å². The minimum absolute atomic E-state index is 0.0691. The molecule has 0 bridgehead atoms. The van der Waals surface area contributed by atoms with Gasteiger partial charge < -0.3 is 9.47 Å². The number of fused-ring (bicyclic) bond motifs is 1. The highest BCUT2D eigenvalue weighted by atomic mass is 16.5. The molecule has 0 radical (unpaired) electrons. The summed E-state index contributed by atoms with van der Waals surface area (Å²) in [6.45, 7) is 7.37. The summed E-state index contributed by atoms with van der Waals surface area (Å²) in [5.74, 6) is 0.695. The van der Waals surface area contributed by atoms with Gasteiger partial charge in [0.05, 0.1) is 19.6 Å². The minimum Gasteiger partial charge on any atom is -0.493 e. The van der Waals surface area contributed by atoms with E-state index in [-0.39, 0.29) is 17.3 Å². The molecule has 1 heterocycles. The lowest BCUT2D eigenvalue weighted by Gasteiger charge is -2.37. The summed E-state index contributed by atoms with van der Waals surface area (Å²) in [5.41, 5.74) is 5.18. The summed E-state index contributed by atoms with van der Waals surface area (Å²) in [5, 5.41) is 0. The highest BCUT2D eigenvalue weighted by Crippen LogP contribution is 2.48. The van der Waals surface area contributed by atoms with Gasteiger partial charge in [-0.25, -0.2) is 0 Å². The number of aryl methyl sites for hydroxylation is 1. The number of hydrogen-bond acceptors (Lipinski definition) is 3. The summed E-state index contributed by atoms with van der Waals surface area (Å²) >= 11 is 0. The third-order valence-corrected chi connectivity index (χ3v) is 5.52. The summed E-state index contributed by atoms with van der Waals surface area (Å²) in [4.78, 5) is 12.2. The molecule has 130 valence electrons. The Kier molecular flexibility index (Phi) is 4.71. The molecule has 0 N–H and O–H groups in total. The van der Waals surface area contributed by atoms with Crippen molar-refractivity contribution in [3.8, 4) is 5.75 Å². The molecule has 1 atom stereocenters. The average molecular weight is 328 g/mol. The second-order valence-corrected chi connectivity index (χ2v) is 7.66. The van der Waals surface area contributed by atoms with Crippen LogP contribution in [0.2, 0.25) is 0 Å². The Bertz CT molecular complexity index is 670. The number of ether oxygens (including phenoxy) is 2. The number of rotatable bonds is 3. The lowest BCUT2D eigenvalue weighted by Crippen LogP contribution is -2.26. The van der Waals surface area contributed by atoms with Crippen LogP contribution in [0.5, 0.6) is 5.75 Å². The monoisotopic (exact) mass is 328 g/mol. The predicted molar refractivity (Wildman–Crippen MR) is 96.0 cm³/mol. The number of carbonyl (C=O) groups is 1. The number of allylic oxidation sites excluding steroid dienone is 1. The van der Waals surface area contributed by atoms with Crippen molar-refractivity contribution in [2.24, 2.45) is 11.3 Å². The van der Waals surface area contributed by atoms with E-state index in [1.54, 1.807) is 0 Å². The van der Waals surface area contributed by atoms with Crippen LogP contribution in [-0.4, -0.2) is 19.7 Å². The number of carbonyl (C=O) groups excluding carboxylic acids is 1. The van der Waals surface area contributed by atoms with Gasteiger partial charge in [-0.15, -0.1) is 0 Å². The van der Waals surface area contributed by atoms with E-state index in [2.05, 4.69) is 32.0 Å². The molecule has 1 aromatic rings. The first-order valence-electron chi connectivity index (χ1n) is 9.01. The SMILES string of the molecule is COC(=O)C(C)C1=C(c2ccc3c(c2)CCCO3)C(C)(C)CCC1. The van der Waals surface area contributed by atoms with Crippen LogP contribution in [0.3, 0.4) is 0 Å². The van der Waals surface area contributed by atoms with Crippen LogP contribution in [0.4, 0.5) is 0 Å². The predicted octanol–water partition coefficient (Wildman–Crippen LogP) is 4.78. The van der Waals surface area contributed by atoms with Crippen LogP contribution in [0.25, 0.3) is 5.57 Å². The fourth-order valence-corrected chi connectivity index (χ4v) is 4.25. The van der Waals surface area contributed by atoms with Gasteiger partial charge in [-0.05, 0) is 73.3 Å².